The minimum atomic E-state index is -0.824. The molecular weight excluding hydrogens is 324 g/mol. The number of amides is 1. The quantitative estimate of drug-likeness (QED) is 0.443. The van der Waals surface area contributed by atoms with Gasteiger partial charge in [-0.1, -0.05) is 12.1 Å². The van der Waals surface area contributed by atoms with Crippen LogP contribution in [0.5, 0.6) is 0 Å². The minimum Gasteiger partial charge on any atom is -0.461 e. The molecule has 0 aliphatic heterocycles. The van der Waals surface area contributed by atoms with Crippen molar-refractivity contribution in [3.05, 3.63) is 76.1 Å². The fourth-order valence-electron chi connectivity index (χ4n) is 2.60. The summed E-state index contributed by atoms with van der Waals surface area (Å²) in [4.78, 5) is 40.4. The molecule has 3 heterocycles. The van der Waals surface area contributed by atoms with Gasteiger partial charge >= 0.3 is 0 Å². The Morgan fingerprint density at radius 3 is 2.64 bits per heavy atom. The third-order valence-electron chi connectivity index (χ3n) is 3.74. The van der Waals surface area contributed by atoms with E-state index in [1.165, 1.54) is 22.9 Å². The Kier molecular flexibility index (Phi) is 3.17. The number of primary amides is 1. The number of benzene rings is 1. The summed E-state index contributed by atoms with van der Waals surface area (Å²) < 4.78 is 6.36. The van der Waals surface area contributed by atoms with Crippen molar-refractivity contribution >= 4 is 28.2 Å². The predicted molar refractivity (Wildman–Crippen MR) is 87.4 cm³/mol. The summed E-state index contributed by atoms with van der Waals surface area (Å²) in [6.07, 6.45) is 1.36. The molecule has 0 unspecified atom stereocenters. The smallest absolute Gasteiger partial charge is 0.281 e. The Labute approximate surface area is 139 Å². The van der Waals surface area contributed by atoms with Crippen molar-refractivity contribution in [2.45, 2.75) is 0 Å². The third-order valence-corrected chi connectivity index (χ3v) is 3.74. The SMILES string of the molecule is NC(=O)c1cc(C(=O)c2ccco2)nn2c1nc(=O)c1ccccc12. The van der Waals surface area contributed by atoms with Crippen molar-refractivity contribution < 1.29 is 14.0 Å². The molecule has 0 atom stereocenters. The molecule has 8 heteroatoms. The number of rotatable bonds is 3. The Balaban J connectivity index is 2.12. The van der Waals surface area contributed by atoms with Crippen molar-refractivity contribution in [3.63, 3.8) is 0 Å². The van der Waals surface area contributed by atoms with Crippen molar-refractivity contribution in [1.29, 1.82) is 0 Å². The predicted octanol–water partition coefficient (Wildman–Crippen LogP) is 1.17. The first-order chi connectivity index (χ1) is 12.1. The standard InChI is InChI=1S/C17H10N4O4/c18-15(23)10-8-11(14(22)13-6-3-7-25-13)20-21-12-5-2-1-4-9(12)17(24)19-16(10)21/h1-8H,(H2,18,23). The molecule has 1 aromatic carbocycles. The maximum Gasteiger partial charge on any atom is 0.281 e. The van der Waals surface area contributed by atoms with E-state index in [9.17, 15) is 14.4 Å². The lowest BCUT2D eigenvalue weighted by molar-refractivity contribution is 0.100. The second-order valence-corrected chi connectivity index (χ2v) is 5.28. The van der Waals surface area contributed by atoms with Crippen LogP contribution in [-0.4, -0.2) is 26.3 Å². The summed E-state index contributed by atoms with van der Waals surface area (Å²) in [5.41, 5.74) is 5.17. The van der Waals surface area contributed by atoms with Gasteiger partial charge in [0.15, 0.2) is 11.4 Å². The van der Waals surface area contributed by atoms with E-state index in [1.54, 1.807) is 30.3 Å². The van der Waals surface area contributed by atoms with Gasteiger partial charge < -0.3 is 10.2 Å². The molecule has 0 aliphatic carbocycles. The molecular formula is C17H10N4O4. The summed E-state index contributed by atoms with van der Waals surface area (Å²) in [7, 11) is 0. The fourth-order valence-corrected chi connectivity index (χ4v) is 2.60. The molecule has 1 amide bonds. The van der Waals surface area contributed by atoms with Gasteiger partial charge in [0.25, 0.3) is 11.5 Å². The van der Waals surface area contributed by atoms with Crippen LogP contribution in [0.15, 0.2) is 57.9 Å². The van der Waals surface area contributed by atoms with Crippen molar-refractivity contribution in [1.82, 2.24) is 14.6 Å². The van der Waals surface area contributed by atoms with Crippen LogP contribution in [0.1, 0.15) is 26.6 Å². The van der Waals surface area contributed by atoms with Gasteiger partial charge in [0.05, 0.1) is 22.7 Å². The van der Waals surface area contributed by atoms with Gasteiger partial charge in [0, 0.05) is 0 Å². The molecule has 25 heavy (non-hydrogen) atoms. The molecule has 0 saturated carbocycles. The minimum absolute atomic E-state index is 0.00723. The molecule has 0 spiro atoms. The highest BCUT2D eigenvalue weighted by Crippen LogP contribution is 2.17. The van der Waals surface area contributed by atoms with Crippen LogP contribution in [0.2, 0.25) is 0 Å². The monoisotopic (exact) mass is 334 g/mol. The first-order valence-electron chi connectivity index (χ1n) is 7.27. The summed E-state index contributed by atoms with van der Waals surface area (Å²) >= 11 is 0. The number of nitrogens with zero attached hydrogens (tertiary/aromatic N) is 3. The first-order valence-corrected chi connectivity index (χ1v) is 7.27. The number of ketones is 1. The Morgan fingerprint density at radius 1 is 1.12 bits per heavy atom. The van der Waals surface area contributed by atoms with Gasteiger partial charge in [-0.2, -0.15) is 10.1 Å². The highest BCUT2D eigenvalue weighted by molar-refractivity contribution is 6.08. The molecule has 4 aromatic rings. The number of hydrogen-bond acceptors (Lipinski definition) is 6. The van der Waals surface area contributed by atoms with Crippen LogP contribution in [0.4, 0.5) is 0 Å². The largest absolute Gasteiger partial charge is 0.461 e. The lowest BCUT2D eigenvalue weighted by Gasteiger charge is -2.09. The first kappa shape index (κ1) is 14.8. The van der Waals surface area contributed by atoms with Crippen molar-refractivity contribution in [2.24, 2.45) is 5.73 Å². The Morgan fingerprint density at radius 2 is 1.92 bits per heavy atom. The van der Waals surface area contributed by atoms with E-state index in [2.05, 4.69) is 10.1 Å². The zero-order valence-electron chi connectivity index (χ0n) is 12.7. The van der Waals surface area contributed by atoms with E-state index in [-0.39, 0.29) is 22.7 Å². The molecule has 0 aliphatic rings. The Bertz CT molecular complexity index is 1210. The maximum atomic E-state index is 12.5. The highest BCUT2D eigenvalue weighted by atomic mass is 16.3. The van der Waals surface area contributed by atoms with E-state index in [0.717, 1.165) is 0 Å². The number of nitrogens with two attached hydrogens (primary N) is 1. The van der Waals surface area contributed by atoms with Crippen molar-refractivity contribution in [3.8, 4) is 0 Å². The van der Waals surface area contributed by atoms with Gasteiger partial charge in [0.1, 0.15) is 5.69 Å². The van der Waals surface area contributed by atoms with Gasteiger partial charge in [-0.25, -0.2) is 4.52 Å². The summed E-state index contributed by atoms with van der Waals surface area (Å²) in [6, 6.07) is 10.9. The van der Waals surface area contributed by atoms with Crippen LogP contribution in [0.25, 0.3) is 16.6 Å². The molecule has 122 valence electrons. The molecule has 2 N–H and O–H groups in total. The van der Waals surface area contributed by atoms with E-state index >= 15 is 0 Å². The topological polar surface area (TPSA) is 121 Å². The second-order valence-electron chi connectivity index (χ2n) is 5.28. The van der Waals surface area contributed by atoms with E-state index in [0.29, 0.717) is 10.9 Å². The number of aromatic nitrogens is 3. The molecule has 0 saturated heterocycles. The van der Waals surface area contributed by atoms with E-state index in [1.807, 2.05) is 0 Å². The fraction of sp³-hybridized carbons (Fsp3) is 0. The van der Waals surface area contributed by atoms with E-state index < -0.39 is 17.2 Å². The molecule has 0 fully saturated rings. The van der Waals surface area contributed by atoms with Crippen LogP contribution in [-0.2, 0) is 0 Å². The van der Waals surface area contributed by atoms with Crippen LogP contribution in [0, 0.1) is 0 Å². The lowest BCUT2D eigenvalue weighted by atomic mass is 10.1. The van der Waals surface area contributed by atoms with Crippen LogP contribution >= 0.6 is 0 Å². The maximum absolute atomic E-state index is 12.5. The van der Waals surface area contributed by atoms with Gasteiger partial charge in [-0.3, -0.25) is 14.4 Å². The summed E-state index contributed by atoms with van der Waals surface area (Å²) in [5, 5.41) is 4.55. The number of para-hydroxylation sites is 1. The van der Waals surface area contributed by atoms with Crippen LogP contribution in [0.3, 0.4) is 0 Å². The molecule has 0 radical (unpaired) electrons. The number of carbonyl (C=O) groups excluding carboxylic acids is 2. The molecule has 8 nitrogen and oxygen atoms in total. The zero-order valence-corrected chi connectivity index (χ0v) is 12.7. The number of fused-ring (bicyclic) bond motifs is 3. The van der Waals surface area contributed by atoms with Gasteiger partial charge in [-0.15, -0.1) is 0 Å². The molecule has 0 bridgehead atoms. The highest BCUT2D eigenvalue weighted by Gasteiger charge is 2.20. The second kappa shape index (κ2) is 5.38. The number of furan rings is 1. The van der Waals surface area contributed by atoms with Crippen molar-refractivity contribution in [2.75, 3.05) is 0 Å². The number of carbonyl (C=O) groups is 2. The number of hydrogen-bond donors (Lipinski definition) is 1. The normalized spacial score (nSPS) is 11.0. The summed E-state index contributed by atoms with van der Waals surface area (Å²) in [6.45, 7) is 0. The molecule has 4 rings (SSSR count). The van der Waals surface area contributed by atoms with E-state index in [4.69, 9.17) is 10.2 Å². The zero-order chi connectivity index (χ0) is 17.6. The van der Waals surface area contributed by atoms with Crippen LogP contribution < -0.4 is 11.3 Å². The summed E-state index contributed by atoms with van der Waals surface area (Å²) in [5.74, 6) is -1.27. The average Bonchev–Trinajstić information content (AvgIpc) is 3.15. The average molecular weight is 334 g/mol. The Hall–Kier alpha value is -3.81. The lowest BCUT2D eigenvalue weighted by Crippen LogP contribution is -2.21. The van der Waals surface area contributed by atoms with Gasteiger partial charge in [0.2, 0.25) is 5.78 Å². The van der Waals surface area contributed by atoms with Gasteiger partial charge in [-0.05, 0) is 30.3 Å². The third kappa shape index (κ3) is 2.27. The molecule has 3 aromatic heterocycles.